The van der Waals surface area contributed by atoms with E-state index in [9.17, 15) is 0 Å². The van der Waals surface area contributed by atoms with E-state index in [-0.39, 0.29) is 4.99 Å². The van der Waals surface area contributed by atoms with Gasteiger partial charge in [0.05, 0.1) is 25.2 Å². The van der Waals surface area contributed by atoms with Gasteiger partial charge < -0.3 is 24.4 Å². The van der Waals surface area contributed by atoms with Gasteiger partial charge in [0.1, 0.15) is 17.2 Å². The summed E-state index contributed by atoms with van der Waals surface area (Å²) in [6.07, 6.45) is 0. The Hall–Kier alpha value is -1.63. The summed E-state index contributed by atoms with van der Waals surface area (Å²) in [7, 11) is 1.63. The number of furan rings is 1. The molecule has 1 aromatic heterocycles. The highest BCUT2D eigenvalue weighted by atomic mass is 32.1. The molecule has 0 aliphatic carbocycles. The summed E-state index contributed by atoms with van der Waals surface area (Å²) >= 11 is 4.98. The van der Waals surface area contributed by atoms with E-state index in [4.69, 9.17) is 36.6 Å². The summed E-state index contributed by atoms with van der Waals surface area (Å²) in [5.74, 6) is 0.974. The predicted molar refractivity (Wildman–Crippen MR) is 80.3 cm³/mol. The second-order valence-corrected chi connectivity index (χ2v) is 4.51. The van der Waals surface area contributed by atoms with Crippen molar-refractivity contribution in [1.82, 2.24) is 0 Å². The van der Waals surface area contributed by atoms with Gasteiger partial charge in [-0.25, -0.2) is 0 Å². The first-order valence-electron chi connectivity index (χ1n) is 6.25. The Morgan fingerprint density at radius 1 is 1.20 bits per heavy atom. The summed E-state index contributed by atoms with van der Waals surface area (Å²) in [6.45, 7) is 1.95. The van der Waals surface area contributed by atoms with E-state index >= 15 is 0 Å². The molecule has 0 atom stereocenters. The maximum atomic E-state index is 5.70. The second-order valence-electron chi connectivity index (χ2n) is 4.07. The normalized spacial score (nSPS) is 10.8. The van der Waals surface area contributed by atoms with E-state index in [0.717, 1.165) is 5.39 Å². The SMILES string of the molecule is COCCOCCOc1c(C(N)=S)oc2ccccc12. The molecule has 0 amide bonds. The van der Waals surface area contributed by atoms with Crippen molar-refractivity contribution < 1.29 is 18.6 Å². The lowest BCUT2D eigenvalue weighted by Gasteiger charge is -2.07. The molecule has 6 heteroatoms. The molecule has 0 saturated carbocycles. The zero-order chi connectivity index (χ0) is 14.4. The van der Waals surface area contributed by atoms with Gasteiger partial charge in [0.25, 0.3) is 0 Å². The summed E-state index contributed by atoms with van der Waals surface area (Å²) in [5, 5.41) is 0.854. The van der Waals surface area contributed by atoms with Crippen LogP contribution in [-0.4, -0.2) is 38.5 Å². The molecule has 5 nitrogen and oxygen atoms in total. The van der Waals surface area contributed by atoms with Gasteiger partial charge in [-0.05, 0) is 12.1 Å². The highest BCUT2D eigenvalue weighted by Gasteiger charge is 2.17. The number of methoxy groups -OCH3 is 1. The standard InChI is InChI=1S/C14H17NO4S/c1-16-6-7-17-8-9-18-12-10-4-2-3-5-11(10)19-13(12)14(15)20/h2-5H,6-9H2,1H3,(H2,15,20). The third-order valence-electron chi connectivity index (χ3n) is 2.68. The maximum Gasteiger partial charge on any atom is 0.204 e. The van der Waals surface area contributed by atoms with Crippen LogP contribution < -0.4 is 10.5 Å². The maximum absolute atomic E-state index is 5.70. The van der Waals surface area contributed by atoms with Gasteiger partial charge in [0.15, 0.2) is 5.75 Å². The topological polar surface area (TPSA) is 66.8 Å². The van der Waals surface area contributed by atoms with Crippen molar-refractivity contribution in [2.24, 2.45) is 5.73 Å². The molecule has 0 aliphatic rings. The van der Waals surface area contributed by atoms with Gasteiger partial charge in [-0.1, -0.05) is 24.4 Å². The number of benzene rings is 1. The number of nitrogens with two attached hydrogens (primary N) is 1. The number of para-hydroxylation sites is 1. The quantitative estimate of drug-likeness (QED) is 0.594. The summed E-state index contributed by atoms with van der Waals surface area (Å²) in [5.41, 5.74) is 6.36. The molecule has 2 aromatic rings. The van der Waals surface area contributed by atoms with Crippen molar-refractivity contribution >= 4 is 28.2 Å². The summed E-state index contributed by atoms with van der Waals surface area (Å²) < 4.78 is 21.5. The van der Waals surface area contributed by atoms with Gasteiger partial charge in [-0.15, -0.1) is 0 Å². The van der Waals surface area contributed by atoms with E-state index < -0.39 is 0 Å². The van der Waals surface area contributed by atoms with Crippen LogP contribution in [0.25, 0.3) is 11.0 Å². The average Bonchev–Trinajstić information content (AvgIpc) is 2.82. The van der Waals surface area contributed by atoms with Crippen LogP contribution in [-0.2, 0) is 9.47 Å². The lowest BCUT2D eigenvalue weighted by molar-refractivity contribution is 0.0545. The molecule has 108 valence electrons. The molecule has 20 heavy (non-hydrogen) atoms. The highest BCUT2D eigenvalue weighted by Crippen LogP contribution is 2.32. The lowest BCUT2D eigenvalue weighted by atomic mass is 10.2. The van der Waals surface area contributed by atoms with Crippen molar-refractivity contribution in [3.8, 4) is 5.75 Å². The Morgan fingerprint density at radius 2 is 1.95 bits per heavy atom. The van der Waals surface area contributed by atoms with Crippen LogP contribution in [0.15, 0.2) is 28.7 Å². The fourth-order valence-corrected chi connectivity index (χ4v) is 1.91. The minimum Gasteiger partial charge on any atom is -0.486 e. The Labute approximate surface area is 122 Å². The zero-order valence-electron chi connectivity index (χ0n) is 11.3. The molecule has 0 fully saturated rings. The highest BCUT2D eigenvalue weighted by molar-refractivity contribution is 7.80. The second kappa shape index (κ2) is 7.23. The van der Waals surface area contributed by atoms with Crippen LogP contribution in [0.3, 0.4) is 0 Å². The third kappa shape index (κ3) is 3.47. The Bertz CT molecular complexity index is 582. The van der Waals surface area contributed by atoms with Gasteiger partial charge in [0.2, 0.25) is 5.76 Å². The fourth-order valence-electron chi connectivity index (χ4n) is 1.77. The van der Waals surface area contributed by atoms with Gasteiger partial charge in [0, 0.05) is 7.11 Å². The van der Waals surface area contributed by atoms with Crippen LogP contribution in [0, 0.1) is 0 Å². The smallest absolute Gasteiger partial charge is 0.204 e. The third-order valence-corrected chi connectivity index (χ3v) is 2.86. The molecule has 2 N–H and O–H groups in total. The van der Waals surface area contributed by atoms with Crippen molar-refractivity contribution in [1.29, 1.82) is 0 Å². The van der Waals surface area contributed by atoms with E-state index in [1.165, 1.54) is 0 Å². The molecule has 0 bridgehead atoms. The minimum atomic E-state index is 0.177. The largest absolute Gasteiger partial charge is 0.486 e. The number of fused-ring (bicyclic) bond motifs is 1. The van der Waals surface area contributed by atoms with E-state index in [2.05, 4.69) is 0 Å². The summed E-state index contributed by atoms with van der Waals surface area (Å²) in [4.78, 5) is 0.177. The molecule has 1 aromatic carbocycles. The molecule has 0 radical (unpaired) electrons. The molecule has 0 unspecified atom stereocenters. The number of hydrogen-bond donors (Lipinski definition) is 1. The van der Waals surface area contributed by atoms with Crippen LogP contribution in [0.1, 0.15) is 5.76 Å². The molecule has 0 aliphatic heterocycles. The molecule has 2 rings (SSSR count). The molecule has 0 saturated heterocycles. The van der Waals surface area contributed by atoms with Crippen molar-refractivity contribution in [3.63, 3.8) is 0 Å². The van der Waals surface area contributed by atoms with Crippen molar-refractivity contribution in [2.45, 2.75) is 0 Å². The first kappa shape index (κ1) is 14.8. The fraction of sp³-hybridized carbons (Fsp3) is 0.357. The van der Waals surface area contributed by atoms with E-state index in [0.29, 0.717) is 43.5 Å². The lowest BCUT2D eigenvalue weighted by Crippen LogP contribution is -2.13. The van der Waals surface area contributed by atoms with Crippen LogP contribution in [0.4, 0.5) is 0 Å². The Kier molecular flexibility index (Phi) is 5.34. The molecular formula is C14H17NO4S. The molecule has 1 heterocycles. The van der Waals surface area contributed by atoms with Gasteiger partial charge >= 0.3 is 0 Å². The molecular weight excluding hydrogens is 278 g/mol. The Morgan fingerprint density at radius 3 is 2.70 bits per heavy atom. The Balaban J connectivity index is 2.04. The zero-order valence-corrected chi connectivity index (χ0v) is 12.1. The minimum absolute atomic E-state index is 0.177. The summed E-state index contributed by atoms with van der Waals surface area (Å²) in [6, 6.07) is 7.54. The van der Waals surface area contributed by atoms with Crippen LogP contribution >= 0.6 is 12.2 Å². The van der Waals surface area contributed by atoms with E-state index in [1.807, 2.05) is 24.3 Å². The number of hydrogen-bond acceptors (Lipinski definition) is 5. The average molecular weight is 295 g/mol. The van der Waals surface area contributed by atoms with Crippen LogP contribution in [0.5, 0.6) is 5.75 Å². The van der Waals surface area contributed by atoms with E-state index in [1.54, 1.807) is 7.11 Å². The van der Waals surface area contributed by atoms with Gasteiger partial charge in [-0.3, -0.25) is 0 Å². The monoisotopic (exact) mass is 295 g/mol. The van der Waals surface area contributed by atoms with Crippen LogP contribution in [0.2, 0.25) is 0 Å². The van der Waals surface area contributed by atoms with Gasteiger partial charge in [-0.2, -0.15) is 0 Å². The number of ether oxygens (including phenoxy) is 3. The predicted octanol–water partition coefficient (Wildman–Crippen LogP) is 2.11. The first-order valence-corrected chi connectivity index (χ1v) is 6.65. The number of rotatable bonds is 8. The number of thiocarbonyl (C=S) groups is 1. The van der Waals surface area contributed by atoms with Crippen molar-refractivity contribution in [2.75, 3.05) is 33.5 Å². The van der Waals surface area contributed by atoms with Crippen molar-refractivity contribution in [3.05, 3.63) is 30.0 Å². The first-order chi connectivity index (χ1) is 9.74. The molecule has 0 spiro atoms.